The molecule has 2 aliphatic carbocycles. The van der Waals surface area contributed by atoms with Gasteiger partial charge in [-0.1, -0.05) is 26.2 Å². The molecule has 138 valence electrons. The van der Waals surface area contributed by atoms with E-state index in [9.17, 15) is 9.59 Å². The lowest BCUT2D eigenvalue weighted by Crippen LogP contribution is -2.56. The first-order valence-electron chi connectivity index (χ1n) is 9.20. The summed E-state index contributed by atoms with van der Waals surface area (Å²) in [4.78, 5) is 24.6. The molecule has 2 amide bonds. The summed E-state index contributed by atoms with van der Waals surface area (Å²) in [6.07, 6.45) is 8.08. The van der Waals surface area contributed by atoms with E-state index in [1.165, 1.54) is 19.3 Å². The predicted octanol–water partition coefficient (Wildman–Crippen LogP) is 1.57. The smallest absolute Gasteiger partial charge is 0.317 e. The van der Waals surface area contributed by atoms with Crippen molar-refractivity contribution in [3.05, 3.63) is 0 Å². The first kappa shape index (κ1) is 19.0. The van der Waals surface area contributed by atoms with Crippen LogP contribution >= 0.6 is 0 Å². The number of ether oxygens (including phenoxy) is 1. The van der Waals surface area contributed by atoms with Gasteiger partial charge in [-0.2, -0.15) is 0 Å². The van der Waals surface area contributed by atoms with Crippen LogP contribution < -0.4 is 10.6 Å². The first-order chi connectivity index (χ1) is 11.6. The molecule has 24 heavy (non-hydrogen) atoms. The zero-order valence-electron chi connectivity index (χ0n) is 14.6. The van der Waals surface area contributed by atoms with Crippen LogP contribution in [-0.2, 0) is 9.53 Å². The van der Waals surface area contributed by atoms with E-state index in [2.05, 4.69) is 10.6 Å². The fraction of sp³-hybridized carbons (Fsp3) is 0.882. The van der Waals surface area contributed by atoms with Gasteiger partial charge in [0, 0.05) is 18.6 Å². The van der Waals surface area contributed by atoms with Crippen LogP contribution in [0.5, 0.6) is 0 Å². The number of nitrogens with zero attached hydrogens (tertiary/aromatic N) is 1. The highest BCUT2D eigenvalue weighted by atomic mass is 16.5. The minimum Gasteiger partial charge on any atom is -0.480 e. The van der Waals surface area contributed by atoms with E-state index in [4.69, 9.17) is 9.84 Å². The van der Waals surface area contributed by atoms with E-state index < -0.39 is 5.97 Å². The van der Waals surface area contributed by atoms with Gasteiger partial charge in [-0.25, -0.2) is 4.79 Å². The van der Waals surface area contributed by atoms with E-state index in [1.807, 2.05) is 11.8 Å². The first-order valence-corrected chi connectivity index (χ1v) is 9.20. The average molecular weight is 341 g/mol. The van der Waals surface area contributed by atoms with Gasteiger partial charge in [0.2, 0.25) is 0 Å². The zero-order valence-corrected chi connectivity index (χ0v) is 14.6. The number of carbonyl (C=O) groups excluding carboxylic acids is 1. The maximum absolute atomic E-state index is 11.8. The Hall–Kier alpha value is -1.34. The van der Waals surface area contributed by atoms with Crippen molar-refractivity contribution in [3.8, 4) is 0 Å². The molecule has 0 radical (unpaired) electrons. The molecule has 2 rings (SSSR count). The molecule has 7 nitrogen and oxygen atoms in total. The van der Waals surface area contributed by atoms with Crippen LogP contribution in [0, 0.1) is 0 Å². The summed E-state index contributed by atoms with van der Waals surface area (Å²) in [5.74, 6) is -0.802. The molecule has 0 bridgehead atoms. The number of amides is 2. The molecule has 0 atom stereocenters. The molecule has 0 aromatic rings. The topological polar surface area (TPSA) is 90.9 Å². The number of aliphatic carboxylic acids is 1. The van der Waals surface area contributed by atoms with Crippen molar-refractivity contribution in [2.24, 2.45) is 0 Å². The van der Waals surface area contributed by atoms with Gasteiger partial charge < -0.3 is 20.5 Å². The number of hydrogen-bond acceptors (Lipinski definition) is 4. The molecule has 0 saturated heterocycles. The highest BCUT2D eigenvalue weighted by Crippen LogP contribution is 2.25. The van der Waals surface area contributed by atoms with Gasteiger partial charge >= 0.3 is 12.0 Å². The van der Waals surface area contributed by atoms with Crippen molar-refractivity contribution in [1.29, 1.82) is 0 Å². The van der Waals surface area contributed by atoms with Gasteiger partial charge in [0.05, 0.1) is 19.3 Å². The number of hydrogen-bond donors (Lipinski definition) is 3. The van der Waals surface area contributed by atoms with Crippen molar-refractivity contribution in [1.82, 2.24) is 15.5 Å². The largest absolute Gasteiger partial charge is 0.480 e. The summed E-state index contributed by atoms with van der Waals surface area (Å²) in [7, 11) is 0. The maximum atomic E-state index is 11.8. The molecular formula is C17H31N3O4. The lowest BCUT2D eigenvalue weighted by Gasteiger charge is -2.42. The Labute approximate surface area is 144 Å². The van der Waals surface area contributed by atoms with E-state index in [1.54, 1.807) is 0 Å². The lowest BCUT2D eigenvalue weighted by atomic mass is 9.85. The van der Waals surface area contributed by atoms with Gasteiger partial charge in [-0.05, 0) is 32.2 Å². The van der Waals surface area contributed by atoms with Crippen LogP contribution in [0.15, 0.2) is 0 Å². The van der Waals surface area contributed by atoms with Crippen molar-refractivity contribution in [2.75, 3.05) is 26.2 Å². The highest BCUT2D eigenvalue weighted by Gasteiger charge is 2.34. The minimum atomic E-state index is -0.802. The third-order valence-electron chi connectivity index (χ3n) is 5.00. The van der Waals surface area contributed by atoms with Gasteiger partial charge in [0.15, 0.2) is 0 Å². The Balaban J connectivity index is 1.51. The molecule has 0 unspecified atom stereocenters. The standard InChI is InChI=1S/C17H31N3O4/c1-2-20(12-16(21)22)14-10-13(11-14)19-17(23)18-8-9-24-15-6-4-3-5-7-15/h13-15H,2-12H2,1H3,(H,21,22)(H2,18,19,23). The molecule has 0 aromatic carbocycles. The molecule has 3 N–H and O–H groups in total. The lowest BCUT2D eigenvalue weighted by molar-refractivity contribution is -0.139. The molecule has 0 aliphatic heterocycles. The van der Waals surface area contributed by atoms with Gasteiger partial charge in [-0.3, -0.25) is 9.69 Å². The van der Waals surface area contributed by atoms with Crippen molar-refractivity contribution < 1.29 is 19.4 Å². The summed E-state index contributed by atoms with van der Waals surface area (Å²) < 4.78 is 5.77. The summed E-state index contributed by atoms with van der Waals surface area (Å²) >= 11 is 0. The fourth-order valence-electron chi connectivity index (χ4n) is 3.54. The molecule has 0 spiro atoms. The summed E-state index contributed by atoms with van der Waals surface area (Å²) in [5.41, 5.74) is 0. The minimum absolute atomic E-state index is 0.0680. The Morgan fingerprint density at radius 3 is 2.54 bits per heavy atom. The van der Waals surface area contributed by atoms with Crippen molar-refractivity contribution >= 4 is 12.0 Å². The normalized spacial score (nSPS) is 24.4. The van der Waals surface area contributed by atoms with Gasteiger partial charge in [0.25, 0.3) is 0 Å². The summed E-state index contributed by atoms with van der Waals surface area (Å²) in [5, 5.41) is 14.6. The van der Waals surface area contributed by atoms with Gasteiger partial charge in [0.1, 0.15) is 0 Å². The van der Waals surface area contributed by atoms with Crippen molar-refractivity contribution in [3.63, 3.8) is 0 Å². The summed E-state index contributed by atoms with van der Waals surface area (Å²) in [6, 6.07) is 0.232. The van der Waals surface area contributed by atoms with Crippen LogP contribution in [0.25, 0.3) is 0 Å². The Bertz CT molecular complexity index is 407. The molecule has 2 fully saturated rings. The Morgan fingerprint density at radius 2 is 1.92 bits per heavy atom. The molecule has 7 heteroatoms. The monoisotopic (exact) mass is 341 g/mol. The molecular weight excluding hydrogens is 310 g/mol. The number of carboxylic acid groups (broad SMARTS) is 1. The number of carboxylic acids is 1. The fourth-order valence-corrected chi connectivity index (χ4v) is 3.54. The molecule has 0 heterocycles. The van der Waals surface area contributed by atoms with Crippen molar-refractivity contribution in [2.45, 2.75) is 70.1 Å². The van der Waals surface area contributed by atoms with Crippen LogP contribution in [0.4, 0.5) is 4.79 Å². The summed E-state index contributed by atoms with van der Waals surface area (Å²) in [6.45, 7) is 3.84. The predicted molar refractivity (Wildman–Crippen MR) is 91.1 cm³/mol. The second-order valence-corrected chi connectivity index (χ2v) is 6.81. The van der Waals surface area contributed by atoms with E-state index in [0.717, 1.165) is 25.7 Å². The van der Waals surface area contributed by atoms with Crippen LogP contribution in [-0.4, -0.2) is 66.4 Å². The Morgan fingerprint density at radius 1 is 1.21 bits per heavy atom. The molecule has 0 aromatic heterocycles. The Kier molecular flexibility index (Phi) is 7.78. The van der Waals surface area contributed by atoms with Gasteiger partial charge in [-0.15, -0.1) is 0 Å². The maximum Gasteiger partial charge on any atom is 0.317 e. The number of rotatable bonds is 9. The van der Waals surface area contributed by atoms with Crippen LogP contribution in [0.3, 0.4) is 0 Å². The number of carbonyl (C=O) groups is 2. The SMILES string of the molecule is CCN(CC(=O)O)C1CC(NC(=O)NCCOC2CCCCC2)C1. The number of likely N-dealkylation sites (N-methyl/N-ethyl adjacent to an activating group) is 1. The van der Waals surface area contributed by atoms with E-state index in [-0.39, 0.29) is 24.7 Å². The number of urea groups is 1. The molecule has 2 saturated carbocycles. The number of nitrogens with one attached hydrogen (secondary N) is 2. The van der Waals surface area contributed by atoms with Crippen LogP contribution in [0.2, 0.25) is 0 Å². The second kappa shape index (κ2) is 9.84. The van der Waals surface area contributed by atoms with E-state index in [0.29, 0.717) is 25.8 Å². The van der Waals surface area contributed by atoms with Crippen LogP contribution in [0.1, 0.15) is 51.9 Å². The average Bonchev–Trinajstić information content (AvgIpc) is 2.53. The second-order valence-electron chi connectivity index (χ2n) is 6.81. The van der Waals surface area contributed by atoms with E-state index >= 15 is 0 Å². The zero-order chi connectivity index (χ0) is 17.4. The third kappa shape index (κ3) is 6.28. The highest BCUT2D eigenvalue weighted by molar-refractivity contribution is 5.74. The molecule has 2 aliphatic rings. The third-order valence-corrected chi connectivity index (χ3v) is 5.00. The quantitative estimate of drug-likeness (QED) is 0.554.